The summed E-state index contributed by atoms with van der Waals surface area (Å²) >= 11 is 0. The molecule has 8 heteroatoms. The molecule has 0 radical (unpaired) electrons. The van der Waals surface area contributed by atoms with Gasteiger partial charge in [-0.05, 0) is 30.7 Å². The van der Waals surface area contributed by atoms with Crippen LogP contribution in [0.4, 0.5) is 11.4 Å². The highest BCUT2D eigenvalue weighted by molar-refractivity contribution is 7.89. The minimum atomic E-state index is -3.84. The first-order valence-corrected chi connectivity index (χ1v) is 8.32. The number of hydrogen-bond acceptors (Lipinski definition) is 5. The molecule has 0 heterocycles. The molecule has 0 atom stereocenters. The molecule has 1 aromatic carbocycles. The van der Waals surface area contributed by atoms with Crippen LogP contribution in [-0.2, 0) is 10.0 Å². The number of rotatable bonds is 7. The molecule has 1 aliphatic carbocycles. The molecule has 0 unspecified atom stereocenters. The van der Waals surface area contributed by atoms with Gasteiger partial charge < -0.3 is 5.73 Å². The van der Waals surface area contributed by atoms with Crippen LogP contribution in [0.5, 0.6) is 0 Å². The molecule has 0 aromatic heterocycles. The molecule has 0 saturated heterocycles. The van der Waals surface area contributed by atoms with E-state index in [-0.39, 0.29) is 21.7 Å². The van der Waals surface area contributed by atoms with Crippen molar-refractivity contribution in [2.24, 2.45) is 5.41 Å². The molecule has 0 amide bonds. The normalized spacial score (nSPS) is 16.6. The number of nitrogen functional groups attached to an aromatic ring is 1. The van der Waals surface area contributed by atoms with Gasteiger partial charge in [0, 0.05) is 18.7 Å². The first kappa shape index (κ1) is 15.7. The van der Waals surface area contributed by atoms with Gasteiger partial charge in [0.15, 0.2) is 0 Å². The summed E-state index contributed by atoms with van der Waals surface area (Å²) in [5.41, 5.74) is 5.42. The first-order valence-electron chi connectivity index (χ1n) is 6.83. The van der Waals surface area contributed by atoms with E-state index in [0.29, 0.717) is 6.54 Å². The summed E-state index contributed by atoms with van der Waals surface area (Å²) in [7, 11) is -3.84. The molecular formula is C13H19N3O4S. The predicted octanol–water partition coefficient (Wildman–Crippen LogP) is 2.04. The van der Waals surface area contributed by atoms with E-state index < -0.39 is 14.9 Å². The van der Waals surface area contributed by atoms with Crippen molar-refractivity contribution in [3.8, 4) is 0 Å². The maximum Gasteiger partial charge on any atom is 0.270 e. The average Bonchev–Trinajstić information content (AvgIpc) is 3.17. The van der Waals surface area contributed by atoms with Gasteiger partial charge in [0.25, 0.3) is 5.69 Å². The van der Waals surface area contributed by atoms with Crippen LogP contribution in [0.25, 0.3) is 0 Å². The van der Waals surface area contributed by atoms with Crippen LogP contribution in [0.2, 0.25) is 0 Å². The molecule has 2 rings (SSSR count). The zero-order valence-corrected chi connectivity index (χ0v) is 12.6. The van der Waals surface area contributed by atoms with Crippen molar-refractivity contribution in [1.82, 2.24) is 4.72 Å². The standard InChI is InChI=1S/C13H19N3O4S/c1-2-5-13(6-7-13)9-15-21(19,20)12-8-10(16(17)18)3-4-11(12)14/h3-4,8,15H,2,5-7,9,14H2,1H3. The van der Waals surface area contributed by atoms with Crippen molar-refractivity contribution < 1.29 is 13.3 Å². The summed E-state index contributed by atoms with van der Waals surface area (Å²) in [4.78, 5) is 9.88. The summed E-state index contributed by atoms with van der Waals surface area (Å²) in [6.07, 6.45) is 3.99. The lowest BCUT2D eigenvalue weighted by atomic mass is 10.0. The van der Waals surface area contributed by atoms with Crippen LogP contribution in [-0.4, -0.2) is 19.9 Å². The third kappa shape index (κ3) is 3.51. The molecule has 1 aliphatic rings. The second-order valence-electron chi connectivity index (χ2n) is 5.55. The number of non-ortho nitro benzene ring substituents is 1. The Bertz CT molecular complexity index is 653. The lowest BCUT2D eigenvalue weighted by Gasteiger charge is -2.15. The highest BCUT2D eigenvalue weighted by atomic mass is 32.2. The van der Waals surface area contributed by atoms with Crippen LogP contribution in [0.1, 0.15) is 32.6 Å². The van der Waals surface area contributed by atoms with E-state index in [4.69, 9.17) is 5.73 Å². The number of benzene rings is 1. The zero-order chi connectivity index (χ0) is 15.7. The van der Waals surface area contributed by atoms with Gasteiger partial charge in [0.2, 0.25) is 10.0 Å². The van der Waals surface area contributed by atoms with Crippen molar-refractivity contribution >= 4 is 21.4 Å². The topological polar surface area (TPSA) is 115 Å². The summed E-state index contributed by atoms with van der Waals surface area (Å²) in [6, 6.07) is 3.43. The fourth-order valence-corrected chi connectivity index (χ4v) is 3.72. The monoisotopic (exact) mass is 313 g/mol. The van der Waals surface area contributed by atoms with Gasteiger partial charge in [-0.1, -0.05) is 13.3 Å². The fraction of sp³-hybridized carbons (Fsp3) is 0.538. The second-order valence-corrected chi connectivity index (χ2v) is 7.29. The Morgan fingerprint density at radius 2 is 2.10 bits per heavy atom. The minimum absolute atomic E-state index is 0.00781. The lowest BCUT2D eigenvalue weighted by Crippen LogP contribution is -2.30. The fourth-order valence-electron chi connectivity index (χ4n) is 2.42. The molecule has 0 spiro atoms. The van der Waals surface area contributed by atoms with Crippen LogP contribution in [0.15, 0.2) is 23.1 Å². The molecule has 1 fully saturated rings. The average molecular weight is 313 g/mol. The molecule has 0 aliphatic heterocycles. The van der Waals surface area contributed by atoms with Crippen molar-refractivity contribution in [2.45, 2.75) is 37.5 Å². The Morgan fingerprint density at radius 3 is 2.62 bits per heavy atom. The highest BCUT2D eigenvalue weighted by Gasteiger charge is 2.42. The van der Waals surface area contributed by atoms with E-state index in [1.165, 1.54) is 12.1 Å². The Hall–Kier alpha value is -1.67. The molecular weight excluding hydrogens is 294 g/mol. The molecule has 0 bridgehead atoms. The van der Waals surface area contributed by atoms with Gasteiger partial charge in [-0.2, -0.15) is 0 Å². The largest absolute Gasteiger partial charge is 0.398 e. The van der Waals surface area contributed by atoms with Crippen molar-refractivity contribution in [3.05, 3.63) is 28.3 Å². The van der Waals surface area contributed by atoms with Crippen LogP contribution >= 0.6 is 0 Å². The van der Waals surface area contributed by atoms with Crippen LogP contribution < -0.4 is 10.5 Å². The van der Waals surface area contributed by atoms with Gasteiger partial charge >= 0.3 is 0 Å². The molecule has 1 saturated carbocycles. The summed E-state index contributed by atoms with van der Waals surface area (Å²) in [5, 5.41) is 10.8. The highest BCUT2D eigenvalue weighted by Crippen LogP contribution is 2.49. The number of sulfonamides is 1. The van der Waals surface area contributed by atoms with E-state index in [0.717, 1.165) is 31.7 Å². The smallest absolute Gasteiger partial charge is 0.270 e. The SMILES string of the molecule is CCCC1(CNS(=O)(=O)c2cc([N+](=O)[O-])ccc2N)CC1. The molecule has 1 aromatic rings. The van der Waals surface area contributed by atoms with E-state index in [1.54, 1.807) is 0 Å². The lowest BCUT2D eigenvalue weighted by molar-refractivity contribution is -0.385. The third-order valence-electron chi connectivity index (χ3n) is 3.87. The van der Waals surface area contributed by atoms with E-state index in [9.17, 15) is 18.5 Å². The number of anilines is 1. The maximum absolute atomic E-state index is 12.3. The minimum Gasteiger partial charge on any atom is -0.398 e. The summed E-state index contributed by atoms with van der Waals surface area (Å²) in [5.74, 6) is 0. The maximum atomic E-state index is 12.3. The molecule has 116 valence electrons. The predicted molar refractivity (Wildman–Crippen MR) is 79.3 cm³/mol. The molecule has 21 heavy (non-hydrogen) atoms. The van der Waals surface area contributed by atoms with Crippen molar-refractivity contribution in [2.75, 3.05) is 12.3 Å². The number of nitro groups is 1. The Labute approximate surface area is 123 Å². The number of nitrogens with zero attached hydrogens (tertiary/aromatic N) is 1. The van der Waals surface area contributed by atoms with Gasteiger partial charge in [-0.3, -0.25) is 10.1 Å². The molecule has 7 nitrogen and oxygen atoms in total. The van der Waals surface area contributed by atoms with Gasteiger partial charge in [0.1, 0.15) is 4.90 Å². The quantitative estimate of drug-likeness (QED) is 0.454. The summed E-state index contributed by atoms with van der Waals surface area (Å²) < 4.78 is 27.1. The van der Waals surface area contributed by atoms with E-state index >= 15 is 0 Å². The first-order chi connectivity index (χ1) is 9.80. The third-order valence-corrected chi connectivity index (χ3v) is 5.33. The van der Waals surface area contributed by atoms with Crippen LogP contribution in [0.3, 0.4) is 0 Å². The number of nitrogens with one attached hydrogen (secondary N) is 1. The van der Waals surface area contributed by atoms with Crippen molar-refractivity contribution in [3.63, 3.8) is 0 Å². The summed E-state index contributed by atoms with van der Waals surface area (Å²) in [6.45, 7) is 2.42. The Kier molecular flexibility index (Phi) is 4.20. The van der Waals surface area contributed by atoms with E-state index in [2.05, 4.69) is 11.6 Å². The number of hydrogen-bond donors (Lipinski definition) is 2. The zero-order valence-electron chi connectivity index (χ0n) is 11.8. The van der Waals surface area contributed by atoms with Gasteiger partial charge in [-0.15, -0.1) is 0 Å². The van der Waals surface area contributed by atoms with Crippen molar-refractivity contribution in [1.29, 1.82) is 0 Å². The van der Waals surface area contributed by atoms with Gasteiger partial charge in [0.05, 0.1) is 10.6 Å². The Balaban J connectivity index is 2.19. The number of nitrogens with two attached hydrogens (primary N) is 1. The second kappa shape index (κ2) is 5.61. The van der Waals surface area contributed by atoms with Gasteiger partial charge in [-0.25, -0.2) is 13.1 Å². The number of nitro benzene ring substituents is 1. The van der Waals surface area contributed by atoms with Crippen LogP contribution in [0, 0.1) is 15.5 Å². The molecule has 3 N–H and O–H groups in total. The Morgan fingerprint density at radius 1 is 1.43 bits per heavy atom. The van der Waals surface area contributed by atoms with E-state index in [1.807, 2.05) is 0 Å².